The van der Waals surface area contributed by atoms with Gasteiger partial charge in [0.2, 0.25) is 15.9 Å². The molecule has 85 heavy (non-hydrogen) atoms. The number of allylic oxidation sites excluding steroid dienone is 3. The number of ether oxygens (including phenoxy) is 3. The fourth-order valence-electron chi connectivity index (χ4n) is 10.5. The number of aliphatic imine (C=N–C) groups is 1. The first-order chi connectivity index (χ1) is 40.5. The Balaban J connectivity index is 0.0000247. The van der Waals surface area contributed by atoms with Crippen LogP contribution in [0.3, 0.4) is 0 Å². The Labute approximate surface area is 534 Å². The fourth-order valence-corrected chi connectivity index (χ4v) is 12.2. The van der Waals surface area contributed by atoms with Crippen molar-refractivity contribution >= 4 is 48.7 Å². The van der Waals surface area contributed by atoms with E-state index in [4.69, 9.17) is 14.2 Å². The topological polar surface area (TPSA) is 266 Å². The minimum absolute atomic E-state index is 0. The minimum atomic E-state index is -5.25. The predicted octanol–water partition coefficient (Wildman–Crippen LogP) is 8.10. The number of sulfonamides is 1. The summed E-state index contributed by atoms with van der Waals surface area (Å²) in [5.41, 5.74) is 0.847. The number of aliphatic hydroxyl groups excluding tert-OH is 3. The molecule has 1 saturated heterocycles. The van der Waals surface area contributed by atoms with Crippen LogP contribution in [0.1, 0.15) is 219 Å². The van der Waals surface area contributed by atoms with Crippen LogP contribution >= 0.6 is 0 Å². The van der Waals surface area contributed by atoms with Gasteiger partial charge in [-0.1, -0.05) is 217 Å². The van der Waals surface area contributed by atoms with Gasteiger partial charge >= 0.3 is 40.0 Å². The van der Waals surface area contributed by atoms with E-state index in [-0.39, 0.29) is 54.0 Å². The molecule has 6 N–H and O–H groups in total. The molecule has 2 aromatic rings. The third kappa shape index (κ3) is 34.9. The molecule has 18 nitrogen and oxygen atoms in total. The number of anilines is 1. The minimum Gasteiger partial charge on any atom is -0.862 e. The second-order valence-corrected chi connectivity index (χ2v) is 25.7. The molecule has 3 rings (SSSR count). The van der Waals surface area contributed by atoms with Crippen molar-refractivity contribution < 1.29 is 94.6 Å². The molecule has 0 aromatic heterocycles. The fraction of sp³-hybridized carbons (Fsp3) is 0.750. The van der Waals surface area contributed by atoms with E-state index in [0.717, 1.165) is 56.0 Å². The zero-order valence-electron chi connectivity index (χ0n) is 52.6. The van der Waals surface area contributed by atoms with Gasteiger partial charge < -0.3 is 44.9 Å². The number of benzene rings is 2. The molecule has 0 unspecified atom stereocenters. The van der Waals surface area contributed by atoms with E-state index < -0.39 is 94.9 Å². The van der Waals surface area contributed by atoms with Gasteiger partial charge in [-0.2, -0.15) is 8.42 Å². The Morgan fingerprint density at radius 3 is 1.72 bits per heavy atom. The van der Waals surface area contributed by atoms with E-state index in [0.29, 0.717) is 18.2 Å². The van der Waals surface area contributed by atoms with E-state index in [2.05, 4.69) is 45.2 Å². The van der Waals surface area contributed by atoms with E-state index in [1.807, 2.05) is 37.2 Å². The molecule has 1 amide bonds. The first-order valence-electron chi connectivity index (χ1n) is 32.0. The first kappa shape index (κ1) is 78.6. The average molecular weight is 1250 g/mol. The van der Waals surface area contributed by atoms with Crippen LogP contribution in [0.25, 0.3) is 10.8 Å². The van der Waals surface area contributed by atoms with Crippen LogP contribution in [0.5, 0.6) is 0 Å². The average Bonchev–Trinajstić information content (AvgIpc) is 2.04. The molecule has 482 valence electrons. The maximum atomic E-state index is 13.3. The number of rotatable bonds is 51. The van der Waals surface area contributed by atoms with Crippen LogP contribution < -0.4 is 49.6 Å². The van der Waals surface area contributed by atoms with Crippen LogP contribution in [-0.4, -0.2) is 138 Å². The summed E-state index contributed by atoms with van der Waals surface area (Å²) in [7, 11) is -5.50. The molecule has 1 aliphatic heterocycles. The SMILES string of the molecule is CCCCCCCC/C=C\CCCCCCCCCCCCCC([O-])=N[C@@H](CO[C@@H]1O[C@H](COCC(=O)NCCNS(=O)(=O)c2cccc3c(N(C)C)cccc23)[C@H](O)[C@H](OS(=O)(=O)O)[C@H]1O)[C@H](O)/C=C/CCCCCCCCCCCCC.[Na+]. The van der Waals surface area contributed by atoms with Crippen molar-refractivity contribution in [2.45, 2.75) is 267 Å². The molecule has 0 spiro atoms. The zero-order chi connectivity index (χ0) is 61.3. The van der Waals surface area contributed by atoms with E-state index in [9.17, 15) is 46.6 Å². The monoisotopic (exact) mass is 1240 g/mol. The maximum absolute atomic E-state index is 13.3. The van der Waals surface area contributed by atoms with Crippen LogP contribution in [0.2, 0.25) is 0 Å². The van der Waals surface area contributed by atoms with Gasteiger partial charge in [0.25, 0.3) is 0 Å². The van der Waals surface area contributed by atoms with Gasteiger partial charge in [-0.05, 0) is 69.4 Å². The third-order valence-electron chi connectivity index (χ3n) is 15.4. The van der Waals surface area contributed by atoms with Crippen LogP contribution in [0.4, 0.5) is 5.69 Å². The summed E-state index contributed by atoms with van der Waals surface area (Å²) >= 11 is 0. The molecule has 1 aliphatic rings. The van der Waals surface area contributed by atoms with Crippen molar-refractivity contribution in [2.75, 3.05) is 51.9 Å². The van der Waals surface area contributed by atoms with Crippen LogP contribution in [0, 0.1) is 0 Å². The molecule has 0 saturated carbocycles. The Morgan fingerprint density at radius 1 is 0.694 bits per heavy atom. The molecular formula is C64H109N4NaO14S2. The summed E-state index contributed by atoms with van der Waals surface area (Å²) in [6.45, 7) is 2.55. The predicted molar refractivity (Wildman–Crippen MR) is 335 cm³/mol. The molecule has 2 aromatic carbocycles. The quantitative estimate of drug-likeness (QED) is 0.00913. The Hall–Kier alpha value is -2.54. The van der Waals surface area contributed by atoms with Crippen LogP contribution in [-0.2, 0) is 43.6 Å². The number of aliphatic hydroxyl groups is 3. The van der Waals surface area contributed by atoms with Crippen molar-refractivity contribution in [2.24, 2.45) is 4.99 Å². The van der Waals surface area contributed by atoms with Gasteiger partial charge in [0.1, 0.15) is 37.1 Å². The van der Waals surface area contributed by atoms with Gasteiger partial charge in [-0.3, -0.25) is 14.3 Å². The molecule has 21 heteroatoms. The second kappa shape index (κ2) is 47.4. The standard InChI is InChI=1S/C64H110N4O14S2.Na/c1-5-7-9-11-13-15-17-19-20-21-22-23-24-25-26-28-30-32-34-36-38-46-59(70)67-54(56(69)44-37-35-33-31-29-27-18-16-14-12-10-8-6-2)49-80-64-62(73)63(82-84(76,77)78)61(72)57(81-64)50-79-51-60(71)65-47-48-66-83(74,75)58-45-40-41-52-53(58)42-39-43-55(52)68(3)4;/h19-20,37,39-45,54,56-57,61-64,66,69,72-73H,5-18,21-36,38,46-51H2,1-4H3,(H,65,71)(H,67,70)(H,76,77,78);/q;+1/p-1/b20-19-,44-37+;/t54-,56+,57+,61-,62+,63-,64+;/m0./s1. The molecule has 0 aliphatic carbocycles. The number of carbonyl (C=O) groups is 1. The number of unbranched alkanes of at least 4 members (excludes halogenated alkanes) is 28. The van der Waals surface area contributed by atoms with E-state index in [1.54, 1.807) is 24.3 Å². The van der Waals surface area contributed by atoms with Gasteiger partial charge in [-0.15, -0.1) is 0 Å². The third-order valence-corrected chi connectivity index (χ3v) is 17.3. The summed E-state index contributed by atoms with van der Waals surface area (Å²) in [6.07, 6.45) is 34.3. The summed E-state index contributed by atoms with van der Waals surface area (Å²) in [6, 6.07) is 9.21. The number of nitrogens with one attached hydrogen (secondary N) is 2. The van der Waals surface area contributed by atoms with Gasteiger partial charge in [0, 0.05) is 43.6 Å². The largest absolute Gasteiger partial charge is 1.00 e. The molecule has 7 atom stereocenters. The Morgan fingerprint density at radius 2 is 1.19 bits per heavy atom. The number of amides is 1. The van der Waals surface area contributed by atoms with Gasteiger partial charge in [-0.25, -0.2) is 17.3 Å². The summed E-state index contributed by atoms with van der Waals surface area (Å²) in [5.74, 6) is -1.10. The zero-order valence-corrected chi connectivity index (χ0v) is 56.2. The number of carbonyl (C=O) groups excluding carboxylic acids is 1. The number of nitrogens with zero attached hydrogens (tertiary/aromatic N) is 2. The maximum Gasteiger partial charge on any atom is 1.00 e. The molecule has 1 fully saturated rings. The smallest absolute Gasteiger partial charge is 0.862 e. The van der Waals surface area contributed by atoms with Crippen molar-refractivity contribution in [3.8, 4) is 0 Å². The normalized spacial score (nSPS) is 18.5. The first-order valence-corrected chi connectivity index (χ1v) is 34.9. The van der Waals surface area contributed by atoms with Crippen molar-refractivity contribution in [3.05, 3.63) is 60.7 Å². The molecular weight excluding hydrogens is 1140 g/mol. The Bertz CT molecular complexity index is 2380. The van der Waals surface area contributed by atoms with Crippen LogP contribution in [0.15, 0.2) is 70.6 Å². The number of fused-ring (bicyclic) bond motifs is 1. The second-order valence-electron chi connectivity index (χ2n) is 22.9. The summed E-state index contributed by atoms with van der Waals surface area (Å²) in [5, 5.41) is 50.8. The molecule has 1 heterocycles. The Kier molecular flexibility index (Phi) is 43.8. The molecule has 0 bridgehead atoms. The summed E-state index contributed by atoms with van der Waals surface area (Å²) < 4.78 is 84.4. The molecule has 0 radical (unpaired) electrons. The number of hydrogen-bond acceptors (Lipinski definition) is 15. The van der Waals surface area contributed by atoms with E-state index in [1.165, 1.54) is 147 Å². The van der Waals surface area contributed by atoms with Gasteiger partial charge in [0.15, 0.2) is 6.29 Å². The number of hydrogen-bond donors (Lipinski definition) is 6. The van der Waals surface area contributed by atoms with E-state index >= 15 is 0 Å². The van der Waals surface area contributed by atoms with Crippen molar-refractivity contribution in [3.63, 3.8) is 0 Å². The van der Waals surface area contributed by atoms with Crippen molar-refractivity contribution in [1.82, 2.24) is 10.0 Å². The summed E-state index contributed by atoms with van der Waals surface area (Å²) in [4.78, 5) is 19.1. The van der Waals surface area contributed by atoms with Gasteiger partial charge in [0.05, 0.1) is 24.2 Å². The van der Waals surface area contributed by atoms with Crippen molar-refractivity contribution in [1.29, 1.82) is 0 Å².